The molecular weight excluding hydrogens is 482 g/mol. The third kappa shape index (κ3) is 7.49. The summed E-state index contributed by atoms with van der Waals surface area (Å²) < 4.78 is 24.3. The molecule has 38 heavy (non-hydrogen) atoms. The molecule has 3 aromatic carbocycles. The molecule has 0 aromatic heterocycles. The summed E-state index contributed by atoms with van der Waals surface area (Å²) in [5.74, 6) is -1.09. The van der Waals surface area contributed by atoms with Crippen LogP contribution in [0.2, 0.25) is 0 Å². The van der Waals surface area contributed by atoms with E-state index in [-0.39, 0.29) is 13.0 Å². The highest BCUT2D eigenvalue weighted by molar-refractivity contribution is 5.70. The van der Waals surface area contributed by atoms with Gasteiger partial charge >= 0.3 is 5.97 Å². The summed E-state index contributed by atoms with van der Waals surface area (Å²) in [6.07, 6.45) is -3.02. The number of esters is 1. The van der Waals surface area contributed by atoms with Crippen molar-refractivity contribution < 1.29 is 28.8 Å². The topological polar surface area (TPSA) is 100 Å². The van der Waals surface area contributed by atoms with Gasteiger partial charge in [-0.1, -0.05) is 91.0 Å². The van der Waals surface area contributed by atoms with Gasteiger partial charge in [0.25, 0.3) is 0 Å². The predicted molar refractivity (Wildman–Crippen MR) is 144 cm³/mol. The summed E-state index contributed by atoms with van der Waals surface area (Å²) in [6.45, 7) is 2.93. The van der Waals surface area contributed by atoms with Crippen molar-refractivity contribution in [1.82, 2.24) is 0 Å². The molecule has 1 aliphatic carbocycles. The molecule has 3 aromatic rings. The molecule has 0 spiro atoms. The van der Waals surface area contributed by atoms with E-state index >= 15 is 0 Å². The second kappa shape index (κ2) is 14.2. The van der Waals surface area contributed by atoms with Gasteiger partial charge in [-0.25, -0.2) is 0 Å². The summed E-state index contributed by atoms with van der Waals surface area (Å²) in [7, 11) is 0. The van der Waals surface area contributed by atoms with Crippen molar-refractivity contribution in [3.63, 3.8) is 0 Å². The molecule has 0 radical (unpaired) electrons. The lowest BCUT2D eigenvalue weighted by molar-refractivity contribution is -0.149. The minimum Gasteiger partial charge on any atom is -0.466 e. The van der Waals surface area contributed by atoms with Gasteiger partial charge < -0.3 is 29.8 Å². The van der Waals surface area contributed by atoms with Gasteiger partial charge in [0.2, 0.25) is 0 Å². The van der Waals surface area contributed by atoms with Crippen molar-refractivity contribution in [2.24, 2.45) is 11.7 Å². The van der Waals surface area contributed by atoms with E-state index in [1.807, 2.05) is 91.0 Å². The zero-order chi connectivity index (χ0) is 26.7. The van der Waals surface area contributed by atoms with Crippen LogP contribution in [0.4, 0.5) is 0 Å². The highest BCUT2D eigenvalue weighted by atomic mass is 16.6. The summed E-state index contributed by atoms with van der Waals surface area (Å²) in [5, 5.41) is 11.2. The van der Waals surface area contributed by atoms with Gasteiger partial charge in [0, 0.05) is 12.0 Å². The normalized spacial score (nSPS) is 23.7. The van der Waals surface area contributed by atoms with Gasteiger partial charge in [-0.2, -0.15) is 0 Å². The molecule has 1 unspecified atom stereocenters. The average Bonchev–Trinajstić information content (AvgIpc) is 3.21. The second-order valence-corrected chi connectivity index (χ2v) is 9.51. The van der Waals surface area contributed by atoms with E-state index in [1.54, 1.807) is 6.92 Å². The maximum atomic E-state index is 12.3. The molecule has 0 saturated heterocycles. The quantitative estimate of drug-likeness (QED) is 0.329. The Morgan fingerprint density at radius 1 is 0.737 bits per heavy atom. The van der Waals surface area contributed by atoms with Crippen LogP contribution in [0.3, 0.4) is 0 Å². The summed E-state index contributed by atoms with van der Waals surface area (Å²) in [6, 6.07) is 28.8. The molecule has 0 amide bonds. The average molecular weight is 520 g/mol. The Morgan fingerprint density at radius 3 is 1.61 bits per heavy atom. The molecule has 4 rings (SSSR count). The second-order valence-electron chi connectivity index (χ2n) is 9.51. The molecule has 202 valence electrons. The van der Waals surface area contributed by atoms with E-state index in [4.69, 9.17) is 24.7 Å². The Balaban J connectivity index is 1.59. The number of nitrogens with two attached hydrogens (primary N) is 1. The standard InChI is InChI=1S/C31H37NO6/c1-2-35-26(34)18-25(33)27-28(32)30(37-20-23-14-8-4-9-15-23)31(38-21-24-16-10-5-11-17-24)29(27)36-19-22-12-6-3-7-13-22/h3-17,25,27-31,33H,2,18-21,32H2,1H3/t25?,27-,28-,29+,30+,31-/m0/s1. The maximum Gasteiger partial charge on any atom is 0.308 e. The fourth-order valence-electron chi connectivity index (χ4n) is 4.97. The van der Waals surface area contributed by atoms with Gasteiger partial charge in [0.1, 0.15) is 12.2 Å². The number of ether oxygens (including phenoxy) is 4. The Kier molecular flexibility index (Phi) is 10.4. The SMILES string of the molecule is CCOC(=O)CC(O)[C@H]1[C@H](N)[C@@H](OCc2ccccc2)[C@@H](OCc2ccccc2)[C@@H]1OCc1ccccc1. The minimum absolute atomic E-state index is 0.186. The maximum absolute atomic E-state index is 12.3. The van der Waals surface area contributed by atoms with Gasteiger partial charge in [-0.3, -0.25) is 4.79 Å². The van der Waals surface area contributed by atoms with Crippen LogP contribution in [0.1, 0.15) is 30.0 Å². The molecule has 1 saturated carbocycles. The van der Waals surface area contributed by atoms with E-state index in [0.29, 0.717) is 19.8 Å². The van der Waals surface area contributed by atoms with Crippen LogP contribution in [0.25, 0.3) is 0 Å². The molecule has 0 heterocycles. The van der Waals surface area contributed by atoms with Crippen LogP contribution in [0, 0.1) is 5.92 Å². The van der Waals surface area contributed by atoms with E-state index in [2.05, 4.69) is 0 Å². The highest BCUT2D eigenvalue weighted by Crippen LogP contribution is 2.37. The van der Waals surface area contributed by atoms with Crippen LogP contribution < -0.4 is 5.73 Å². The highest BCUT2D eigenvalue weighted by Gasteiger charge is 2.54. The summed E-state index contributed by atoms with van der Waals surface area (Å²) in [5.41, 5.74) is 9.74. The number of aliphatic hydroxyl groups is 1. The lowest BCUT2D eigenvalue weighted by atomic mass is 9.92. The van der Waals surface area contributed by atoms with Gasteiger partial charge in [-0.05, 0) is 23.6 Å². The smallest absolute Gasteiger partial charge is 0.308 e. The Bertz CT molecular complexity index is 1100. The minimum atomic E-state index is -1.09. The van der Waals surface area contributed by atoms with Crippen LogP contribution in [-0.2, 0) is 43.6 Å². The van der Waals surface area contributed by atoms with Crippen LogP contribution >= 0.6 is 0 Å². The number of hydrogen-bond donors (Lipinski definition) is 2. The van der Waals surface area contributed by atoms with Crippen LogP contribution in [0.15, 0.2) is 91.0 Å². The van der Waals surface area contributed by atoms with E-state index in [9.17, 15) is 9.90 Å². The molecule has 7 nitrogen and oxygen atoms in total. The van der Waals surface area contributed by atoms with Crippen molar-refractivity contribution in [1.29, 1.82) is 0 Å². The molecule has 0 bridgehead atoms. The van der Waals surface area contributed by atoms with Crippen molar-refractivity contribution in [3.05, 3.63) is 108 Å². The molecule has 3 N–H and O–H groups in total. The number of aliphatic hydroxyl groups excluding tert-OH is 1. The van der Waals surface area contributed by atoms with Crippen LogP contribution in [0.5, 0.6) is 0 Å². The summed E-state index contributed by atoms with van der Waals surface area (Å²) in [4.78, 5) is 12.3. The Labute approximate surface area is 224 Å². The number of carbonyl (C=O) groups is 1. The largest absolute Gasteiger partial charge is 0.466 e. The first-order valence-corrected chi connectivity index (χ1v) is 13.1. The summed E-state index contributed by atoms with van der Waals surface area (Å²) >= 11 is 0. The Hall–Kier alpha value is -3.07. The zero-order valence-corrected chi connectivity index (χ0v) is 21.7. The number of benzene rings is 3. The first kappa shape index (κ1) is 28.0. The predicted octanol–water partition coefficient (Wildman–Crippen LogP) is 4.01. The number of hydrogen-bond acceptors (Lipinski definition) is 7. The first-order valence-electron chi connectivity index (χ1n) is 13.1. The third-order valence-electron chi connectivity index (χ3n) is 6.83. The molecule has 6 atom stereocenters. The first-order chi connectivity index (χ1) is 18.6. The molecule has 1 fully saturated rings. The number of rotatable bonds is 13. The monoisotopic (exact) mass is 519 g/mol. The van der Waals surface area contributed by atoms with Crippen molar-refractivity contribution >= 4 is 5.97 Å². The van der Waals surface area contributed by atoms with E-state index in [1.165, 1.54) is 0 Å². The fraction of sp³-hybridized carbons (Fsp3) is 0.387. The van der Waals surface area contributed by atoms with Gasteiger partial charge in [-0.15, -0.1) is 0 Å². The molecule has 1 aliphatic rings. The number of carbonyl (C=O) groups excluding carboxylic acids is 1. The lowest BCUT2D eigenvalue weighted by Crippen LogP contribution is -2.44. The fourth-order valence-corrected chi connectivity index (χ4v) is 4.97. The molecular formula is C31H37NO6. The van der Waals surface area contributed by atoms with Crippen molar-refractivity contribution in [3.8, 4) is 0 Å². The molecule has 7 heteroatoms. The van der Waals surface area contributed by atoms with Crippen molar-refractivity contribution in [2.75, 3.05) is 6.61 Å². The van der Waals surface area contributed by atoms with Crippen molar-refractivity contribution in [2.45, 2.75) is 63.6 Å². The van der Waals surface area contributed by atoms with Gasteiger partial charge in [0.05, 0.1) is 45.1 Å². The van der Waals surface area contributed by atoms with Crippen LogP contribution in [-0.4, -0.2) is 48.1 Å². The molecule has 0 aliphatic heterocycles. The third-order valence-corrected chi connectivity index (χ3v) is 6.83. The Morgan fingerprint density at radius 2 is 1.16 bits per heavy atom. The van der Waals surface area contributed by atoms with E-state index < -0.39 is 42.3 Å². The van der Waals surface area contributed by atoms with Gasteiger partial charge in [0.15, 0.2) is 0 Å². The lowest BCUT2D eigenvalue weighted by Gasteiger charge is -2.29. The van der Waals surface area contributed by atoms with E-state index in [0.717, 1.165) is 16.7 Å². The zero-order valence-electron chi connectivity index (χ0n) is 21.7.